The van der Waals surface area contributed by atoms with Crippen molar-refractivity contribution in [2.24, 2.45) is 0 Å². The predicted molar refractivity (Wildman–Crippen MR) is 86.3 cm³/mol. The van der Waals surface area contributed by atoms with Gasteiger partial charge >= 0.3 is 0 Å². The highest BCUT2D eigenvalue weighted by atomic mass is 14.9. The molecule has 0 aromatic carbocycles. The first-order valence-corrected chi connectivity index (χ1v) is 7.59. The van der Waals surface area contributed by atoms with E-state index in [2.05, 4.69) is 48.0 Å². The van der Waals surface area contributed by atoms with Crippen LogP contribution >= 0.6 is 0 Å². The molecule has 4 nitrogen and oxygen atoms in total. The van der Waals surface area contributed by atoms with E-state index in [1.807, 2.05) is 12.3 Å². The van der Waals surface area contributed by atoms with Crippen LogP contribution in [0.4, 0.5) is 0 Å². The zero-order valence-corrected chi connectivity index (χ0v) is 13.4. The molecule has 0 bridgehead atoms. The average molecular weight is 284 g/mol. The fourth-order valence-electron chi connectivity index (χ4n) is 2.43. The van der Waals surface area contributed by atoms with E-state index >= 15 is 0 Å². The quantitative estimate of drug-likeness (QED) is 0.828. The van der Waals surface area contributed by atoms with Crippen molar-refractivity contribution in [1.82, 2.24) is 20.3 Å². The number of aromatic nitrogens is 3. The summed E-state index contributed by atoms with van der Waals surface area (Å²) in [7, 11) is 0. The average Bonchev–Trinajstić information content (AvgIpc) is 2.46. The summed E-state index contributed by atoms with van der Waals surface area (Å²) in [5.41, 5.74) is 5.56. The molecule has 2 aromatic rings. The van der Waals surface area contributed by atoms with E-state index in [1.54, 1.807) is 6.20 Å². The standard InChI is InChI=1S/C17H24N4/c1-5-8-18-10-7-15-13(3)20-17(21-14(15)4)16-11-19-9-6-12(16)2/h6,9,11,18H,5,7-8,10H2,1-4H3. The van der Waals surface area contributed by atoms with Crippen LogP contribution in [0.1, 0.15) is 35.9 Å². The summed E-state index contributed by atoms with van der Waals surface area (Å²) in [5, 5.41) is 3.43. The maximum atomic E-state index is 4.69. The largest absolute Gasteiger partial charge is 0.316 e. The smallest absolute Gasteiger partial charge is 0.161 e. The first kappa shape index (κ1) is 15.6. The molecule has 0 aliphatic rings. The summed E-state index contributed by atoms with van der Waals surface area (Å²) in [6.07, 6.45) is 5.77. The molecule has 0 atom stereocenters. The first-order valence-electron chi connectivity index (χ1n) is 7.59. The Morgan fingerprint density at radius 2 is 1.76 bits per heavy atom. The molecule has 0 saturated carbocycles. The molecule has 0 aliphatic carbocycles. The zero-order valence-electron chi connectivity index (χ0n) is 13.4. The monoisotopic (exact) mass is 284 g/mol. The highest BCUT2D eigenvalue weighted by molar-refractivity contribution is 5.58. The molecule has 0 fully saturated rings. The third-order valence-electron chi connectivity index (χ3n) is 3.68. The van der Waals surface area contributed by atoms with Crippen molar-refractivity contribution in [3.63, 3.8) is 0 Å². The van der Waals surface area contributed by atoms with Gasteiger partial charge in [-0.1, -0.05) is 6.92 Å². The van der Waals surface area contributed by atoms with Crippen molar-refractivity contribution in [3.05, 3.63) is 41.0 Å². The Morgan fingerprint density at radius 1 is 1.05 bits per heavy atom. The number of hydrogen-bond donors (Lipinski definition) is 1. The van der Waals surface area contributed by atoms with Crippen molar-refractivity contribution in [2.45, 2.75) is 40.5 Å². The summed E-state index contributed by atoms with van der Waals surface area (Å²) in [6, 6.07) is 1.99. The number of aryl methyl sites for hydroxylation is 3. The predicted octanol–water partition coefficient (Wildman–Crippen LogP) is 3.01. The Bertz CT molecular complexity index is 584. The molecule has 21 heavy (non-hydrogen) atoms. The maximum Gasteiger partial charge on any atom is 0.161 e. The highest BCUT2D eigenvalue weighted by Gasteiger charge is 2.11. The molecule has 0 aliphatic heterocycles. The fourth-order valence-corrected chi connectivity index (χ4v) is 2.43. The van der Waals surface area contributed by atoms with E-state index in [4.69, 9.17) is 0 Å². The van der Waals surface area contributed by atoms with Crippen LogP contribution in [0.25, 0.3) is 11.4 Å². The van der Waals surface area contributed by atoms with Gasteiger partial charge in [-0.3, -0.25) is 4.98 Å². The van der Waals surface area contributed by atoms with Crippen molar-refractivity contribution < 1.29 is 0 Å². The molecular weight excluding hydrogens is 260 g/mol. The second-order valence-electron chi connectivity index (χ2n) is 5.39. The number of nitrogens with one attached hydrogen (secondary N) is 1. The van der Waals surface area contributed by atoms with E-state index in [-0.39, 0.29) is 0 Å². The first-order chi connectivity index (χ1) is 10.1. The van der Waals surface area contributed by atoms with Gasteiger partial charge < -0.3 is 5.32 Å². The normalized spacial score (nSPS) is 10.9. The van der Waals surface area contributed by atoms with Crippen LogP contribution in [-0.4, -0.2) is 28.0 Å². The van der Waals surface area contributed by atoms with Crippen LogP contribution < -0.4 is 5.32 Å². The Labute approximate surface area is 127 Å². The highest BCUT2D eigenvalue weighted by Crippen LogP contribution is 2.21. The van der Waals surface area contributed by atoms with Gasteiger partial charge in [0, 0.05) is 29.3 Å². The van der Waals surface area contributed by atoms with E-state index < -0.39 is 0 Å². The van der Waals surface area contributed by atoms with Crippen LogP contribution in [0, 0.1) is 20.8 Å². The Hall–Kier alpha value is -1.81. The van der Waals surface area contributed by atoms with Crippen LogP contribution in [0.2, 0.25) is 0 Å². The van der Waals surface area contributed by atoms with Gasteiger partial charge in [0.05, 0.1) is 0 Å². The third-order valence-corrected chi connectivity index (χ3v) is 3.68. The molecular formula is C17H24N4. The lowest BCUT2D eigenvalue weighted by Crippen LogP contribution is -2.19. The Morgan fingerprint density at radius 3 is 2.38 bits per heavy atom. The number of rotatable bonds is 6. The molecule has 2 aromatic heterocycles. The lowest BCUT2D eigenvalue weighted by atomic mass is 10.1. The summed E-state index contributed by atoms with van der Waals surface area (Å²) >= 11 is 0. The van der Waals surface area contributed by atoms with E-state index in [9.17, 15) is 0 Å². The molecule has 4 heteroatoms. The molecule has 2 rings (SSSR count). The molecule has 0 spiro atoms. The maximum absolute atomic E-state index is 4.69. The van der Waals surface area contributed by atoms with E-state index in [0.29, 0.717) is 0 Å². The van der Waals surface area contributed by atoms with Gasteiger partial charge in [-0.25, -0.2) is 9.97 Å². The molecule has 2 heterocycles. The van der Waals surface area contributed by atoms with Crippen LogP contribution in [0.3, 0.4) is 0 Å². The van der Waals surface area contributed by atoms with Crippen molar-refractivity contribution in [1.29, 1.82) is 0 Å². The Balaban J connectivity index is 2.23. The van der Waals surface area contributed by atoms with Crippen molar-refractivity contribution in [2.75, 3.05) is 13.1 Å². The van der Waals surface area contributed by atoms with Gasteiger partial charge in [-0.05, 0) is 63.9 Å². The lowest BCUT2D eigenvalue weighted by Gasteiger charge is -2.12. The topological polar surface area (TPSA) is 50.7 Å². The number of hydrogen-bond acceptors (Lipinski definition) is 4. The molecule has 0 saturated heterocycles. The molecule has 0 amide bonds. The van der Waals surface area contributed by atoms with E-state index in [0.717, 1.165) is 54.3 Å². The number of pyridine rings is 1. The Kier molecular flexibility index (Phi) is 5.39. The summed E-state index contributed by atoms with van der Waals surface area (Å²) < 4.78 is 0. The minimum Gasteiger partial charge on any atom is -0.316 e. The van der Waals surface area contributed by atoms with Gasteiger partial charge in [0.15, 0.2) is 5.82 Å². The molecule has 0 unspecified atom stereocenters. The van der Waals surface area contributed by atoms with Gasteiger partial charge in [0.25, 0.3) is 0 Å². The summed E-state index contributed by atoms with van der Waals surface area (Å²) in [4.78, 5) is 13.6. The minimum atomic E-state index is 0.779. The van der Waals surface area contributed by atoms with E-state index in [1.165, 1.54) is 5.56 Å². The van der Waals surface area contributed by atoms with Gasteiger partial charge in [0.2, 0.25) is 0 Å². The second kappa shape index (κ2) is 7.27. The minimum absolute atomic E-state index is 0.779. The molecule has 112 valence electrons. The fraction of sp³-hybridized carbons (Fsp3) is 0.471. The summed E-state index contributed by atoms with van der Waals surface area (Å²) in [6.45, 7) is 10.4. The van der Waals surface area contributed by atoms with Crippen molar-refractivity contribution in [3.8, 4) is 11.4 Å². The molecule has 1 N–H and O–H groups in total. The van der Waals surface area contributed by atoms with Gasteiger partial charge in [-0.15, -0.1) is 0 Å². The van der Waals surface area contributed by atoms with Gasteiger partial charge in [0.1, 0.15) is 0 Å². The molecule has 0 radical (unpaired) electrons. The van der Waals surface area contributed by atoms with Crippen LogP contribution in [-0.2, 0) is 6.42 Å². The SMILES string of the molecule is CCCNCCc1c(C)nc(-c2cnccc2C)nc1C. The van der Waals surface area contributed by atoms with Gasteiger partial charge in [-0.2, -0.15) is 0 Å². The number of nitrogens with zero attached hydrogens (tertiary/aromatic N) is 3. The van der Waals surface area contributed by atoms with Crippen LogP contribution in [0.15, 0.2) is 18.5 Å². The zero-order chi connectivity index (χ0) is 15.2. The van der Waals surface area contributed by atoms with Crippen LogP contribution in [0.5, 0.6) is 0 Å². The second-order valence-corrected chi connectivity index (χ2v) is 5.39. The lowest BCUT2D eigenvalue weighted by molar-refractivity contribution is 0.666. The third kappa shape index (κ3) is 3.85. The summed E-state index contributed by atoms with van der Waals surface area (Å²) in [5.74, 6) is 0.779. The van der Waals surface area contributed by atoms with Crippen molar-refractivity contribution >= 4 is 0 Å².